The van der Waals surface area contributed by atoms with E-state index in [9.17, 15) is 10.2 Å². The van der Waals surface area contributed by atoms with Crippen molar-refractivity contribution in [1.29, 1.82) is 0 Å². The van der Waals surface area contributed by atoms with Crippen molar-refractivity contribution in [3.63, 3.8) is 0 Å². The Labute approximate surface area is 231 Å². The van der Waals surface area contributed by atoms with Gasteiger partial charge < -0.3 is 38.6 Å². The van der Waals surface area contributed by atoms with Crippen LogP contribution in [0.2, 0.25) is 0 Å². The number of methoxy groups -OCH3 is 1. The van der Waals surface area contributed by atoms with E-state index in [1.807, 2.05) is 6.07 Å². The standard InChI is InChI=1S/C30H45NO8/c1-34-11-12-35-13-14-36-15-16-37-17-18-38-24-7-8-30(33)25-19-22-5-6-23(32)27-26(22)29(30,28(24)39-27)9-10-31(25)20-21-3-2-4-21/h5-6,21,24-25,28,32-33H,2-4,7-20H2,1H3/t24?,25?,28-,29?,30+/m0/s1. The van der Waals surface area contributed by atoms with E-state index in [-0.39, 0.29) is 24.0 Å². The maximum atomic E-state index is 12.6. The van der Waals surface area contributed by atoms with Gasteiger partial charge in [0.2, 0.25) is 0 Å². The molecule has 3 fully saturated rings. The summed E-state index contributed by atoms with van der Waals surface area (Å²) in [5, 5.41) is 23.3. The number of aliphatic hydroxyl groups is 1. The molecule has 1 aromatic rings. The molecule has 5 atom stereocenters. The molecule has 5 aliphatic rings. The zero-order valence-corrected chi connectivity index (χ0v) is 23.3. The molecule has 2 N–H and O–H groups in total. The molecule has 1 aromatic carbocycles. The Morgan fingerprint density at radius 1 is 0.949 bits per heavy atom. The van der Waals surface area contributed by atoms with Crippen molar-refractivity contribution >= 4 is 0 Å². The summed E-state index contributed by atoms with van der Waals surface area (Å²) in [6.07, 6.45) is 6.51. The Balaban J connectivity index is 1.06. The fourth-order valence-electron chi connectivity index (χ4n) is 7.92. The highest BCUT2D eigenvalue weighted by molar-refractivity contribution is 5.62. The van der Waals surface area contributed by atoms with Crippen molar-refractivity contribution in [2.75, 3.05) is 73.1 Å². The highest BCUT2D eigenvalue weighted by Crippen LogP contribution is 2.65. The number of aromatic hydroxyl groups is 1. The third-order valence-electron chi connectivity index (χ3n) is 9.97. The van der Waals surface area contributed by atoms with Gasteiger partial charge in [0.1, 0.15) is 6.10 Å². The molecular weight excluding hydrogens is 502 g/mol. The molecule has 2 bridgehead atoms. The number of hydrogen-bond acceptors (Lipinski definition) is 9. The van der Waals surface area contributed by atoms with Gasteiger partial charge >= 0.3 is 0 Å². The molecule has 3 unspecified atom stereocenters. The number of likely N-dealkylation sites (tertiary alicyclic amines) is 1. The summed E-state index contributed by atoms with van der Waals surface area (Å²) >= 11 is 0. The highest BCUT2D eigenvalue weighted by atomic mass is 16.6. The van der Waals surface area contributed by atoms with E-state index in [1.165, 1.54) is 24.8 Å². The summed E-state index contributed by atoms with van der Waals surface area (Å²) in [6.45, 7) is 6.19. The van der Waals surface area contributed by atoms with Crippen LogP contribution in [0.25, 0.3) is 0 Å². The maximum Gasteiger partial charge on any atom is 0.165 e. The van der Waals surface area contributed by atoms with Gasteiger partial charge in [0.15, 0.2) is 11.5 Å². The van der Waals surface area contributed by atoms with Crippen LogP contribution >= 0.6 is 0 Å². The highest BCUT2D eigenvalue weighted by Gasteiger charge is 2.73. The molecule has 3 aliphatic carbocycles. The van der Waals surface area contributed by atoms with Gasteiger partial charge in [0.25, 0.3) is 0 Å². The second kappa shape index (κ2) is 11.8. The van der Waals surface area contributed by atoms with E-state index in [2.05, 4.69) is 4.90 Å². The van der Waals surface area contributed by atoms with Gasteiger partial charge in [-0.15, -0.1) is 0 Å². The average Bonchev–Trinajstić information content (AvgIpc) is 3.26. The van der Waals surface area contributed by atoms with Crippen molar-refractivity contribution in [3.8, 4) is 11.5 Å². The SMILES string of the molecule is COCCOCCOCCOCCOC1CC[C@@]2(O)C3Cc4ccc(O)c5c4C2(CCN3CC2CCC2)[C@H]1O5. The van der Waals surface area contributed by atoms with Crippen molar-refractivity contribution in [2.45, 2.75) is 74.2 Å². The lowest BCUT2D eigenvalue weighted by molar-refractivity contribution is -0.218. The Kier molecular flexibility index (Phi) is 8.38. The molecule has 9 heteroatoms. The van der Waals surface area contributed by atoms with Crippen LogP contribution in [-0.2, 0) is 35.5 Å². The predicted octanol–water partition coefficient (Wildman–Crippen LogP) is 2.43. The molecule has 0 radical (unpaired) electrons. The smallest absolute Gasteiger partial charge is 0.165 e. The van der Waals surface area contributed by atoms with Gasteiger partial charge in [-0.3, -0.25) is 4.90 Å². The lowest BCUT2D eigenvalue weighted by atomic mass is 9.48. The van der Waals surface area contributed by atoms with Crippen LogP contribution in [0.4, 0.5) is 0 Å². The Morgan fingerprint density at radius 3 is 2.36 bits per heavy atom. The molecule has 0 aromatic heterocycles. The minimum Gasteiger partial charge on any atom is -0.504 e. The first-order valence-electron chi connectivity index (χ1n) is 14.9. The van der Waals surface area contributed by atoms with Gasteiger partial charge in [-0.05, 0) is 62.6 Å². The first-order valence-corrected chi connectivity index (χ1v) is 14.9. The predicted molar refractivity (Wildman–Crippen MR) is 143 cm³/mol. The first kappa shape index (κ1) is 27.7. The van der Waals surface area contributed by atoms with E-state index in [0.717, 1.165) is 43.8 Å². The quantitative estimate of drug-likeness (QED) is 0.321. The van der Waals surface area contributed by atoms with Gasteiger partial charge in [-0.2, -0.15) is 0 Å². The van der Waals surface area contributed by atoms with Crippen LogP contribution in [0.1, 0.15) is 49.7 Å². The molecule has 6 rings (SSSR count). The van der Waals surface area contributed by atoms with Gasteiger partial charge in [0, 0.05) is 25.3 Å². The third-order valence-corrected chi connectivity index (χ3v) is 9.97. The number of piperidine rings is 1. The molecule has 2 aliphatic heterocycles. The number of hydrogen-bond donors (Lipinski definition) is 2. The fourth-order valence-corrected chi connectivity index (χ4v) is 7.92. The van der Waals surface area contributed by atoms with E-state index in [1.54, 1.807) is 13.2 Å². The van der Waals surface area contributed by atoms with E-state index in [4.69, 9.17) is 28.4 Å². The summed E-state index contributed by atoms with van der Waals surface area (Å²) in [5.41, 5.74) is 0.833. The largest absolute Gasteiger partial charge is 0.504 e. The molecule has 1 saturated heterocycles. The number of nitrogens with zero attached hydrogens (tertiary/aromatic N) is 1. The number of ether oxygens (including phenoxy) is 6. The van der Waals surface area contributed by atoms with E-state index >= 15 is 0 Å². The lowest BCUT2D eigenvalue weighted by Gasteiger charge is -2.64. The van der Waals surface area contributed by atoms with E-state index in [0.29, 0.717) is 65.0 Å². The van der Waals surface area contributed by atoms with Crippen molar-refractivity contribution in [1.82, 2.24) is 4.90 Å². The zero-order valence-electron chi connectivity index (χ0n) is 23.3. The molecule has 0 amide bonds. The van der Waals surface area contributed by atoms with Gasteiger partial charge in [-0.25, -0.2) is 0 Å². The van der Waals surface area contributed by atoms with Gasteiger partial charge in [-0.1, -0.05) is 12.5 Å². The third kappa shape index (κ3) is 4.88. The van der Waals surface area contributed by atoms with Crippen LogP contribution < -0.4 is 4.74 Å². The summed E-state index contributed by atoms with van der Waals surface area (Å²) in [4.78, 5) is 2.57. The monoisotopic (exact) mass is 547 g/mol. The first-order chi connectivity index (χ1) is 19.1. The van der Waals surface area contributed by atoms with Crippen LogP contribution in [0.15, 0.2) is 12.1 Å². The number of rotatable bonds is 15. The molecule has 2 saturated carbocycles. The van der Waals surface area contributed by atoms with Crippen LogP contribution in [0, 0.1) is 5.92 Å². The lowest BCUT2D eigenvalue weighted by Crippen LogP contribution is -2.77. The summed E-state index contributed by atoms with van der Waals surface area (Å²) < 4.78 is 34.5. The van der Waals surface area contributed by atoms with Crippen LogP contribution in [0.5, 0.6) is 11.5 Å². The average molecular weight is 548 g/mol. The number of phenols is 1. The Hall–Kier alpha value is -1.46. The maximum absolute atomic E-state index is 12.6. The molecule has 9 nitrogen and oxygen atoms in total. The van der Waals surface area contributed by atoms with Crippen molar-refractivity contribution in [3.05, 3.63) is 23.3 Å². The summed E-state index contributed by atoms with van der Waals surface area (Å²) in [5.74, 6) is 1.49. The Bertz CT molecular complexity index is 988. The van der Waals surface area contributed by atoms with Crippen molar-refractivity contribution < 1.29 is 38.6 Å². The minimum atomic E-state index is -0.882. The van der Waals surface area contributed by atoms with Crippen molar-refractivity contribution in [2.24, 2.45) is 5.92 Å². The summed E-state index contributed by atoms with van der Waals surface area (Å²) in [6, 6.07) is 3.89. The zero-order chi connectivity index (χ0) is 26.9. The fraction of sp³-hybridized carbons (Fsp3) is 0.800. The molecule has 1 spiro atoms. The van der Waals surface area contributed by atoms with E-state index < -0.39 is 11.0 Å². The second-order valence-corrected chi connectivity index (χ2v) is 11.9. The van der Waals surface area contributed by atoms with Crippen LogP contribution in [0.3, 0.4) is 0 Å². The number of phenolic OH excluding ortho intramolecular Hbond substituents is 1. The Morgan fingerprint density at radius 2 is 1.67 bits per heavy atom. The second-order valence-electron chi connectivity index (χ2n) is 11.9. The number of benzene rings is 1. The van der Waals surface area contributed by atoms with Gasteiger partial charge in [0.05, 0.1) is 70.0 Å². The molecular formula is C30H45NO8. The van der Waals surface area contributed by atoms with Crippen LogP contribution in [-0.4, -0.2) is 112 Å². The molecule has 39 heavy (non-hydrogen) atoms. The topological polar surface area (TPSA) is 99.1 Å². The summed E-state index contributed by atoms with van der Waals surface area (Å²) in [7, 11) is 1.65. The normalized spacial score (nSPS) is 33.0. The molecule has 218 valence electrons. The minimum absolute atomic E-state index is 0.0793. The molecule has 2 heterocycles.